The molecule has 0 radical (unpaired) electrons. The summed E-state index contributed by atoms with van der Waals surface area (Å²) in [6.07, 6.45) is -12.8. The van der Waals surface area contributed by atoms with Gasteiger partial charge in [0.25, 0.3) is 0 Å². The lowest BCUT2D eigenvalue weighted by atomic mass is 9.90. The highest BCUT2D eigenvalue weighted by molar-refractivity contribution is 6.30. The van der Waals surface area contributed by atoms with E-state index in [1.165, 1.54) is 37.3 Å². The van der Waals surface area contributed by atoms with Crippen LogP contribution in [0.3, 0.4) is 0 Å². The molecule has 0 fully saturated rings. The van der Waals surface area contributed by atoms with E-state index in [1.807, 2.05) is 0 Å². The Kier molecular flexibility index (Phi) is 8.10. The highest BCUT2D eigenvalue weighted by Crippen LogP contribution is 2.35. The number of carbonyl (C=O) groups is 1. The van der Waals surface area contributed by atoms with Crippen molar-refractivity contribution in [1.29, 1.82) is 0 Å². The molecule has 18 heteroatoms. The van der Waals surface area contributed by atoms with Crippen LogP contribution in [0.4, 0.5) is 32.4 Å². The Labute approximate surface area is 236 Å². The van der Waals surface area contributed by atoms with Gasteiger partial charge in [-0.15, -0.1) is 10.2 Å². The van der Waals surface area contributed by atoms with E-state index in [9.17, 15) is 41.0 Å². The number of alkyl halides is 6. The van der Waals surface area contributed by atoms with Crippen LogP contribution in [0.2, 0.25) is 5.02 Å². The SMILES string of the molecule is CC(NC(=O)Cn1nc(-c2ccc(Cl)cc2)n(CC(O)C(F)(F)F)c1=O)(c1cccc(C(F)(F)F)c1)c1nnc(N)o1. The van der Waals surface area contributed by atoms with E-state index >= 15 is 0 Å². The fourth-order valence-electron chi connectivity index (χ4n) is 3.94. The Balaban J connectivity index is 1.72. The van der Waals surface area contributed by atoms with Crippen LogP contribution < -0.4 is 16.7 Å². The molecule has 42 heavy (non-hydrogen) atoms. The van der Waals surface area contributed by atoms with Gasteiger partial charge in [-0.2, -0.15) is 26.3 Å². The van der Waals surface area contributed by atoms with Crippen molar-refractivity contribution >= 4 is 23.5 Å². The van der Waals surface area contributed by atoms with E-state index < -0.39 is 66.2 Å². The van der Waals surface area contributed by atoms with Gasteiger partial charge >= 0.3 is 24.1 Å². The van der Waals surface area contributed by atoms with Crippen LogP contribution in [-0.2, 0) is 29.6 Å². The Hall–Kier alpha value is -4.38. The first-order valence-electron chi connectivity index (χ1n) is 11.8. The number of nitrogens with zero attached hydrogens (tertiary/aromatic N) is 5. The van der Waals surface area contributed by atoms with E-state index in [2.05, 4.69) is 20.6 Å². The summed E-state index contributed by atoms with van der Waals surface area (Å²) in [5.41, 5.74) is 1.30. The maximum atomic E-state index is 13.4. The summed E-state index contributed by atoms with van der Waals surface area (Å²) in [5.74, 6) is -1.75. The number of nitrogens with one attached hydrogen (secondary N) is 1. The normalized spacial score (nSPS) is 14.4. The first kappa shape index (κ1) is 30.6. The molecule has 2 aromatic carbocycles. The summed E-state index contributed by atoms with van der Waals surface area (Å²) in [6, 6.07) is 8.89. The standard InChI is InChI=1S/C24H20ClF6N7O4/c1-22(19-34-35-20(32)42-19,13-3-2-4-14(9-13)23(26,27)28)33-17(40)11-38-21(41)37(10-16(39)24(29,30)31)18(36-38)12-5-7-15(25)8-6-12/h2-9,16,39H,10-11H2,1H3,(H2,32,35)(H,33,40). The molecule has 0 aliphatic carbocycles. The van der Waals surface area contributed by atoms with Crippen molar-refractivity contribution in [3.8, 4) is 11.4 Å². The predicted molar refractivity (Wildman–Crippen MR) is 134 cm³/mol. The molecule has 11 nitrogen and oxygen atoms in total. The van der Waals surface area contributed by atoms with E-state index in [-0.39, 0.29) is 22.0 Å². The first-order chi connectivity index (χ1) is 19.5. The zero-order chi connectivity index (χ0) is 31.0. The molecule has 4 aromatic rings. The first-order valence-corrected chi connectivity index (χ1v) is 12.1. The third kappa shape index (κ3) is 6.41. The maximum absolute atomic E-state index is 13.4. The number of aliphatic hydroxyl groups excluding tert-OH is 1. The van der Waals surface area contributed by atoms with Crippen molar-refractivity contribution in [3.63, 3.8) is 0 Å². The fourth-order valence-corrected chi connectivity index (χ4v) is 4.07. The number of hydrogen-bond acceptors (Lipinski definition) is 8. The molecule has 0 aliphatic rings. The van der Waals surface area contributed by atoms with Crippen molar-refractivity contribution in [2.45, 2.75) is 44.0 Å². The summed E-state index contributed by atoms with van der Waals surface area (Å²) in [7, 11) is 0. The van der Waals surface area contributed by atoms with Crippen LogP contribution in [0, 0.1) is 0 Å². The molecule has 2 aromatic heterocycles. The van der Waals surface area contributed by atoms with Crippen LogP contribution in [0.5, 0.6) is 0 Å². The molecule has 2 heterocycles. The van der Waals surface area contributed by atoms with Gasteiger partial charge in [0.1, 0.15) is 12.1 Å². The quantitative estimate of drug-likeness (QED) is 0.254. The minimum Gasteiger partial charge on any atom is -0.405 e. The number of halogens is 7. The van der Waals surface area contributed by atoms with E-state index in [0.29, 0.717) is 9.25 Å². The van der Waals surface area contributed by atoms with Gasteiger partial charge in [0, 0.05) is 10.6 Å². The van der Waals surface area contributed by atoms with Gasteiger partial charge in [-0.05, 0) is 48.9 Å². The van der Waals surface area contributed by atoms with Crippen molar-refractivity contribution in [2.24, 2.45) is 0 Å². The van der Waals surface area contributed by atoms with Gasteiger partial charge in [0.2, 0.25) is 11.8 Å². The number of anilines is 1. The summed E-state index contributed by atoms with van der Waals surface area (Å²) in [5, 5.41) is 23.5. The Morgan fingerprint density at radius 3 is 2.31 bits per heavy atom. The predicted octanol–water partition coefficient (Wildman–Crippen LogP) is 3.35. The van der Waals surface area contributed by atoms with E-state index in [1.54, 1.807) is 0 Å². The average molecular weight is 620 g/mol. The third-order valence-electron chi connectivity index (χ3n) is 6.08. The monoisotopic (exact) mass is 619 g/mol. The molecule has 4 rings (SSSR count). The number of rotatable bonds is 8. The van der Waals surface area contributed by atoms with Gasteiger partial charge in [-0.3, -0.25) is 9.36 Å². The number of nitrogens with two attached hydrogens (primary N) is 1. The fraction of sp³-hybridized carbons (Fsp3) is 0.292. The van der Waals surface area contributed by atoms with Crippen molar-refractivity contribution in [2.75, 3.05) is 5.73 Å². The summed E-state index contributed by atoms with van der Waals surface area (Å²) < 4.78 is 85.8. The summed E-state index contributed by atoms with van der Waals surface area (Å²) >= 11 is 5.86. The number of hydrogen-bond donors (Lipinski definition) is 3. The molecule has 0 spiro atoms. The molecule has 0 aliphatic heterocycles. The number of nitrogen functional groups attached to an aromatic ring is 1. The van der Waals surface area contributed by atoms with Crippen LogP contribution >= 0.6 is 11.6 Å². The Bertz CT molecular complexity index is 1650. The number of benzene rings is 2. The number of aromatic nitrogens is 5. The Morgan fingerprint density at radius 1 is 1.10 bits per heavy atom. The Morgan fingerprint density at radius 2 is 1.74 bits per heavy atom. The average Bonchev–Trinajstić information content (AvgIpc) is 3.47. The van der Waals surface area contributed by atoms with Gasteiger partial charge in [0.05, 0.1) is 12.1 Å². The molecule has 4 N–H and O–H groups in total. The molecule has 0 bridgehead atoms. The van der Waals surface area contributed by atoms with Gasteiger partial charge in [-0.25, -0.2) is 9.48 Å². The summed E-state index contributed by atoms with van der Waals surface area (Å²) in [4.78, 5) is 26.3. The molecular weight excluding hydrogens is 600 g/mol. The maximum Gasteiger partial charge on any atom is 0.416 e. The molecule has 2 atom stereocenters. The molecular formula is C24H20ClF6N7O4. The second-order valence-electron chi connectivity index (χ2n) is 9.14. The largest absolute Gasteiger partial charge is 0.416 e. The van der Waals surface area contributed by atoms with Crippen LogP contribution in [0.25, 0.3) is 11.4 Å². The van der Waals surface area contributed by atoms with Crippen LogP contribution in [0.15, 0.2) is 57.7 Å². The van der Waals surface area contributed by atoms with E-state index in [4.69, 9.17) is 21.8 Å². The number of amides is 1. The zero-order valence-corrected chi connectivity index (χ0v) is 22.0. The second-order valence-corrected chi connectivity index (χ2v) is 9.57. The lowest BCUT2D eigenvalue weighted by Crippen LogP contribution is -2.47. The van der Waals surface area contributed by atoms with Crippen molar-refractivity contribution in [1.82, 2.24) is 29.9 Å². The minimum atomic E-state index is -5.07. The molecule has 2 unspecified atom stereocenters. The minimum absolute atomic E-state index is 0.139. The van der Waals surface area contributed by atoms with Gasteiger partial charge in [0.15, 0.2) is 11.9 Å². The molecule has 1 amide bonds. The highest BCUT2D eigenvalue weighted by Gasteiger charge is 2.41. The van der Waals surface area contributed by atoms with Crippen LogP contribution in [-0.4, -0.2) is 47.8 Å². The highest BCUT2D eigenvalue weighted by atomic mass is 35.5. The lowest BCUT2D eigenvalue weighted by Gasteiger charge is -2.28. The molecule has 0 saturated heterocycles. The summed E-state index contributed by atoms with van der Waals surface area (Å²) in [6.45, 7) is -0.911. The number of aliphatic hydroxyl groups is 1. The third-order valence-corrected chi connectivity index (χ3v) is 6.33. The molecule has 224 valence electrons. The van der Waals surface area contributed by atoms with Crippen molar-refractivity contribution < 1.29 is 40.7 Å². The van der Waals surface area contributed by atoms with E-state index in [0.717, 1.165) is 18.2 Å². The van der Waals surface area contributed by atoms with Gasteiger partial charge < -0.3 is 20.6 Å². The lowest BCUT2D eigenvalue weighted by molar-refractivity contribution is -0.207. The smallest absolute Gasteiger partial charge is 0.405 e. The van der Waals surface area contributed by atoms with Gasteiger partial charge in [-0.1, -0.05) is 28.8 Å². The topological polar surface area (TPSA) is 154 Å². The zero-order valence-electron chi connectivity index (χ0n) is 21.2. The second kappa shape index (κ2) is 11.1. The number of carbonyl (C=O) groups excluding carboxylic acids is 1. The molecule has 0 saturated carbocycles. The van der Waals surface area contributed by atoms with Crippen LogP contribution in [0.1, 0.15) is 23.9 Å². The van der Waals surface area contributed by atoms with Crippen molar-refractivity contribution in [3.05, 3.63) is 81.1 Å².